The summed E-state index contributed by atoms with van der Waals surface area (Å²) in [6.45, 7) is 4.48. The molecule has 0 nitrogen and oxygen atoms in total. The van der Waals surface area contributed by atoms with Crippen LogP contribution < -0.4 is 0 Å². The minimum Gasteiger partial charge on any atom is -0.748 e. The van der Waals surface area contributed by atoms with E-state index in [1.54, 1.807) is 0 Å². The molecule has 0 aliphatic carbocycles. The molecule has 124 valence electrons. The molecule has 0 atom stereocenters. The van der Waals surface area contributed by atoms with Crippen LogP contribution >= 0.6 is 0 Å². The molecule has 2 aromatic carbocycles. The molecule has 0 spiro atoms. The van der Waals surface area contributed by atoms with Crippen LogP contribution in [0.4, 0.5) is 0 Å². The van der Waals surface area contributed by atoms with Crippen LogP contribution in [0.3, 0.4) is 0 Å². The maximum absolute atomic E-state index is 2.24. The molecule has 1 heteroatoms. The zero-order valence-electron chi connectivity index (χ0n) is 13.6. The fourth-order valence-corrected chi connectivity index (χ4v) is 2.32. The molecule has 0 saturated carbocycles. The van der Waals surface area contributed by atoms with E-state index in [1.165, 1.54) is 62.5 Å². The Bertz CT molecular complexity index is 343. The number of unbranched alkanes of at least 4 members (excludes halogenated alkanes) is 4. The van der Waals surface area contributed by atoms with Crippen LogP contribution in [0, 0.1) is 0 Å². The van der Waals surface area contributed by atoms with Gasteiger partial charge in [0.2, 0.25) is 0 Å². The van der Waals surface area contributed by atoms with E-state index in [0.717, 1.165) is 0 Å². The van der Waals surface area contributed by atoms with Gasteiger partial charge >= 0.3 is 0 Å². The molecular formula is C20H30Fe-6. The topological polar surface area (TPSA) is 0 Å². The molecule has 0 amide bonds. The Labute approximate surface area is 142 Å². The van der Waals surface area contributed by atoms with E-state index in [-0.39, 0.29) is 17.1 Å². The van der Waals surface area contributed by atoms with Crippen LogP contribution in [0.1, 0.15) is 63.5 Å². The van der Waals surface area contributed by atoms with Gasteiger partial charge in [-0.15, -0.1) is 0 Å². The van der Waals surface area contributed by atoms with Crippen LogP contribution in [0.15, 0.2) is 48.5 Å². The maximum Gasteiger partial charge on any atom is 0 e. The van der Waals surface area contributed by atoms with Crippen molar-refractivity contribution in [1.29, 1.82) is 0 Å². The van der Waals surface area contributed by atoms with Gasteiger partial charge in [-0.25, -0.2) is 18.6 Å². The fourth-order valence-electron chi connectivity index (χ4n) is 2.32. The summed E-state index contributed by atoms with van der Waals surface area (Å²) in [7, 11) is 0. The Kier molecular flexibility index (Phi) is 13.6. The molecule has 0 unspecified atom stereocenters. The largest absolute Gasteiger partial charge is 0.748 e. The van der Waals surface area contributed by atoms with Gasteiger partial charge in [0.05, 0.1) is 0 Å². The van der Waals surface area contributed by atoms with Gasteiger partial charge in [0.1, 0.15) is 0 Å². The SMILES string of the molecule is CCCCC[c-]1[cH-][cH-][cH-][cH-]1.CCCCC[c-]1cccc1.[Fe]. The average molecular weight is 326 g/mol. The van der Waals surface area contributed by atoms with Crippen molar-refractivity contribution < 1.29 is 17.1 Å². The molecule has 0 heterocycles. The van der Waals surface area contributed by atoms with Crippen molar-refractivity contribution in [3.8, 4) is 0 Å². The van der Waals surface area contributed by atoms with Crippen LogP contribution in [0.2, 0.25) is 0 Å². The first kappa shape index (κ1) is 20.2. The molecule has 2 rings (SSSR count). The zero-order chi connectivity index (χ0) is 14.5. The molecule has 21 heavy (non-hydrogen) atoms. The standard InChI is InChI=1S/2C10H15.Fe/c2*1-2-3-4-7-10-8-5-6-9-10;/h2*5-6,8-9H,2-4,7H2,1H3;/q-5;-1;. The molecule has 0 aliphatic heterocycles. The van der Waals surface area contributed by atoms with Crippen LogP contribution in [-0.4, -0.2) is 0 Å². The van der Waals surface area contributed by atoms with Gasteiger partial charge in [-0.05, 0) is 0 Å². The minimum atomic E-state index is 0. The second kappa shape index (κ2) is 14.2. The van der Waals surface area contributed by atoms with Gasteiger partial charge in [-0.1, -0.05) is 58.8 Å². The van der Waals surface area contributed by atoms with Crippen LogP contribution in [-0.2, 0) is 29.9 Å². The number of aryl methyl sites for hydroxylation is 2. The molecule has 2 aromatic rings. The zero-order valence-corrected chi connectivity index (χ0v) is 14.7. The van der Waals surface area contributed by atoms with E-state index in [4.69, 9.17) is 0 Å². The van der Waals surface area contributed by atoms with Crippen LogP contribution in [0.25, 0.3) is 0 Å². The third-order valence-corrected chi connectivity index (χ3v) is 3.60. The van der Waals surface area contributed by atoms with Gasteiger partial charge < -0.3 is 29.8 Å². The van der Waals surface area contributed by atoms with Gasteiger partial charge in [-0.3, -0.25) is 0 Å². The van der Waals surface area contributed by atoms with Gasteiger partial charge in [0.25, 0.3) is 0 Å². The second-order valence-electron chi connectivity index (χ2n) is 5.50. The Morgan fingerprint density at radius 3 is 1.81 bits per heavy atom. The van der Waals surface area contributed by atoms with Gasteiger partial charge in [0, 0.05) is 17.1 Å². The van der Waals surface area contributed by atoms with Crippen molar-refractivity contribution in [1.82, 2.24) is 0 Å². The second-order valence-corrected chi connectivity index (χ2v) is 5.50. The first-order valence-corrected chi connectivity index (χ1v) is 8.28. The van der Waals surface area contributed by atoms with E-state index in [1.807, 2.05) is 0 Å². The molecule has 0 fully saturated rings. The summed E-state index contributed by atoms with van der Waals surface area (Å²) in [5.74, 6) is 0. The third kappa shape index (κ3) is 10.6. The molecular weight excluding hydrogens is 296 g/mol. The van der Waals surface area contributed by atoms with Crippen molar-refractivity contribution in [2.75, 3.05) is 0 Å². The summed E-state index contributed by atoms with van der Waals surface area (Å²) in [4.78, 5) is 0. The van der Waals surface area contributed by atoms with Crippen molar-refractivity contribution in [2.24, 2.45) is 0 Å². The Morgan fingerprint density at radius 2 is 1.29 bits per heavy atom. The first-order chi connectivity index (χ1) is 9.86. The normalized spacial score (nSPS) is 9.62. The van der Waals surface area contributed by atoms with Crippen molar-refractivity contribution >= 4 is 0 Å². The van der Waals surface area contributed by atoms with E-state index >= 15 is 0 Å². The maximum atomic E-state index is 2.24. The van der Waals surface area contributed by atoms with Crippen molar-refractivity contribution in [3.05, 3.63) is 59.7 Å². The van der Waals surface area contributed by atoms with Gasteiger partial charge in [0.15, 0.2) is 0 Å². The molecule has 0 bridgehead atoms. The summed E-state index contributed by atoms with van der Waals surface area (Å²) in [6.07, 6.45) is 10.6. The quantitative estimate of drug-likeness (QED) is 0.304. The molecule has 0 aliphatic rings. The Hall–Kier alpha value is -0.781. The van der Waals surface area contributed by atoms with Crippen molar-refractivity contribution in [3.63, 3.8) is 0 Å². The average Bonchev–Trinajstić information content (AvgIpc) is 3.13. The van der Waals surface area contributed by atoms with Crippen LogP contribution in [0.5, 0.6) is 0 Å². The number of hydrogen-bond acceptors (Lipinski definition) is 0. The van der Waals surface area contributed by atoms with E-state index in [2.05, 4.69) is 62.4 Å². The summed E-state index contributed by atoms with van der Waals surface area (Å²) < 4.78 is 0. The molecule has 0 aromatic heterocycles. The van der Waals surface area contributed by atoms with Gasteiger partial charge in [-0.2, -0.15) is 17.7 Å². The third-order valence-electron chi connectivity index (χ3n) is 3.60. The first-order valence-electron chi connectivity index (χ1n) is 8.28. The summed E-state index contributed by atoms with van der Waals surface area (Å²) in [6, 6.07) is 17.3. The van der Waals surface area contributed by atoms with Crippen molar-refractivity contribution in [2.45, 2.75) is 65.2 Å². The van der Waals surface area contributed by atoms with E-state index in [0.29, 0.717) is 0 Å². The summed E-state index contributed by atoms with van der Waals surface area (Å²) in [5, 5.41) is 0. The molecule has 0 radical (unpaired) electrons. The predicted molar refractivity (Wildman–Crippen MR) is 90.5 cm³/mol. The Balaban J connectivity index is 0.000000364. The van der Waals surface area contributed by atoms with E-state index < -0.39 is 0 Å². The minimum absolute atomic E-state index is 0. The summed E-state index contributed by atoms with van der Waals surface area (Å²) in [5.41, 5.74) is 2.99. The fraction of sp³-hybridized carbons (Fsp3) is 0.500. The number of rotatable bonds is 8. The van der Waals surface area contributed by atoms with E-state index in [9.17, 15) is 0 Å². The predicted octanol–water partition coefficient (Wildman–Crippen LogP) is 6.27. The smallest absolute Gasteiger partial charge is 0 e. The Morgan fingerprint density at radius 1 is 0.762 bits per heavy atom. The monoisotopic (exact) mass is 326 g/mol. The summed E-state index contributed by atoms with van der Waals surface area (Å²) >= 11 is 0. The number of hydrogen-bond donors (Lipinski definition) is 0. The molecule has 0 saturated heterocycles. The molecule has 0 N–H and O–H groups in total.